The molecule has 9 nitrogen and oxygen atoms in total. The highest BCUT2D eigenvalue weighted by Crippen LogP contribution is 2.35. The minimum absolute atomic E-state index is 0.0787. The Balaban J connectivity index is 1.52. The fourth-order valence-corrected chi connectivity index (χ4v) is 4.63. The van der Waals surface area contributed by atoms with Crippen LogP contribution >= 0.6 is 0 Å². The standard InChI is InChI=1S/C30H28F2N4O5/c1-17(12-18-8-10-21(31)22(32)13-18)29(38)34-28-30(39)36(15-26(37)35(2)3)23-7-5-4-6-20(23)27(33-28)19-9-11-24-25(14-19)41-16-40-24/h4-11,13-14,17,28H,12,15-16H2,1-3H3,(H,34,38)/t17-,28?/m0/s1. The van der Waals surface area contributed by atoms with Gasteiger partial charge in [-0.05, 0) is 48.4 Å². The predicted molar refractivity (Wildman–Crippen MR) is 147 cm³/mol. The van der Waals surface area contributed by atoms with E-state index < -0.39 is 35.5 Å². The maximum Gasteiger partial charge on any atom is 0.272 e. The van der Waals surface area contributed by atoms with Crippen molar-refractivity contribution in [2.75, 3.05) is 32.3 Å². The van der Waals surface area contributed by atoms with Gasteiger partial charge in [-0.2, -0.15) is 0 Å². The second kappa shape index (κ2) is 11.4. The molecule has 41 heavy (non-hydrogen) atoms. The van der Waals surface area contributed by atoms with E-state index in [4.69, 9.17) is 14.5 Å². The topological polar surface area (TPSA) is 101 Å². The highest BCUT2D eigenvalue weighted by Gasteiger charge is 2.35. The summed E-state index contributed by atoms with van der Waals surface area (Å²) in [7, 11) is 3.18. The number of benzodiazepines with no additional fused rings is 1. The highest BCUT2D eigenvalue weighted by atomic mass is 19.2. The number of likely N-dealkylation sites (N-methyl/N-ethyl adjacent to an activating group) is 1. The summed E-state index contributed by atoms with van der Waals surface area (Å²) in [6, 6.07) is 15.7. The van der Waals surface area contributed by atoms with Gasteiger partial charge in [0.1, 0.15) is 6.54 Å². The minimum Gasteiger partial charge on any atom is -0.454 e. The number of aliphatic imine (C=N–C) groups is 1. The van der Waals surface area contributed by atoms with Gasteiger partial charge in [-0.3, -0.25) is 19.3 Å². The third-order valence-electron chi connectivity index (χ3n) is 6.90. The van der Waals surface area contributed by atoms with Crippen LogP contribution in [-0.2, 0) is 20.8 Å². The molecule has 3 aromatic carbocycles. The summed E-state index contributed by atoms with van der Waals surface area (Å²) in [5, 5.41) is 2.71. The van der Waals surface area contributed by atoms with Gasteiger partial charge >= 0.3 is 0 Å². The van der Waals surface area contributed by atoms with E-state index in [0.717, 1.165) is 12.1 Å². The zero-order valence-corrected chi connectivity index (χ0v) is 22.7. The number of halogens is 2. The molecule has 2 atom stereocenters. The van der Waals surface area contributed by atoms with Gasteiger partial charge in [0.25, 0.3) is 5.91 Å². The Morgan fingerprint density at radius 3 is 2.56 bits per heavy atom. The summed E-state index contributed by atoms with van der Waals surface area (Å²) in [6.07, 6.45) is -1.27. The van der Waals surface area contributed by atoms with Gasteiger partial charge in [0.05, 0.1) is 11.4 Å². The molecule has 0 bridgehead atoms. The summed E-state index contributed by atoms with van der Waals surface area (Å²) < 4.78 is 38.1. The molecule has 0 saturated heterocycles. The highest BCUT2D eigenvalue weighted by molar-refractivity contribution is 6.21. The lowest BCUT2D eigenvalue weighted by Crippen LogP contribution is -2.51. The van der Waals surface area contributed by atoms with Crippen molar-refractivity contribution in [3.8, 4) is 11.5 Å². The number of nitrogens with zero attached hydrogens (tertiary/aromatic N) is 3. The molecule has 1 unspecified atom stereocenters. The van der Waals surface area contributed by atoms with Gasteiger partial charge in [0.2, 0.25) is 24.8 Å². The van der Waals surface area contributed by atoms with Gasteiger partial charge in [0.15, 0.2) is 23.1 Å². The van der Waals surface area contributed by atoms with Crippen LogP contribution in [0.5, 0.6) is 11.5 Å². The van der Waals surface area contributed by atoms with Crippen LogP contribution in [0.3, 0.4) is 0 Å². The number of para-hydroxylation sites is 1. The maximum atomic E-state index is 13.9. The SMILES string of the molecule is C[C@@H](Cc1ccc(F)c(F)c1)C(=O)NC1N=C(c2ccc3c(c2)OCO3)c2ccccc2N(CC(=O)N(C)C)C1=O. The second-order valence-electron chi connectivity index (χ2n) is 10.0. The molecule has 0 aromatic heterocycles. The first-order chi connectivity index (χ1) is 19.6. The van der Waals surface area contributed by atoms with Crippen molar-refractivity contribution in [1.29, 1.82) is 0 Å². The Hall–Kier alpha value is -4.80. The van der Waals surface area contributed by atoms with Crippen molar-refractivity contribution >= 4 is 29.1 Å². The number of nitrogens with one attached hydrogen (secondary N) is 1. The van der Waals surface area contributed by atoms with E-state index in [9.17, 15) is 23.2 Å². The fraction of sp³-hybridized carbons (Fsp3) is 0.267. The number of carbonyl (C=O) groups excluding carboxylic acids is 3. The van der Waals surface area contributed by atoms with E-state index in [-0.39, 0.29) is 25.7 Å². The zero-order valence-electron chi connectivity index (χ0n) is 22.7. The number of hydrogen-bond donors (Lipinski definition) is 1. The molecule has 0 fully saturated rings. The average Bonchev–Trinajstić information content (AvgIpc) is 3.39. The first-order valence-corrected chi connectivity index (χ1v) is 13.0. The van der Waals surface area contributed by atoms with E-state index >= 15 is 0 Å². The van der Waals surface area contributed by atoms with Gasteiger partial charge < -0.3 is 19.7 Å². The molecule has 11 heteroatoms. The lowest BCUT2D eigenvalue weighted by molar-refractivity contribution is -0.131. The second-order valence-corrected chi connectivity index (χ2v) is 10.0. The van der Waals surface area contributed by atoms with Crippen LogP contribution < -0.4 is 19.7 Å². The van der Waals surface area contributed by atoms with Crippen molar-refractivity contribution in [2.24, 2.45) is 10.9 Å². The number of fused-ring (bicyclic) bond motifs is 2. The van der Waals surface area contributed by atoms with Gasteiger partial charge in [-0.25, -0.2) is 13.8 Å². The number of hydrogen-bond acceptors (Lipinski definition) is 6. The van der Waals surface area contributed by atoms with Gasteiger partial charge in [-0.1, -0.05) is 31.2 Å². The first kappa shape index (κ1) is 27.8. The van der Waals surface area contributed by atoms with Gasteiger partial charge in [0, 0.05) is 31.1 Å². The third kappa shape index (κ3) is 5.74. The largest absolute Gasteiger partial charge is 0.454 e. The van der Waals surface area contributed by atoms with Crippen LogP contribution in [0.4, 0.5) is 14.5 Å². The number of rotatable bonds is 7. The van der Waals surface area contributed by atoms with E-state index in [0.29, 0.717) is 39.6 Å². The van der Waals surface area contributed by atoms with Crippen LogP contribution in [-0.4, -0.2) is 61.9 Å². The molecule has 5 rings (SSSR count). The monoisotopic (exact) mass is 562 g/mol. The van der Waals surface area contributed by atoms with Crippen LogP contribution in [0, 0.1) is 17.6 Å². The summed E-state index contributed by atoms with van der Waals surface area (Å²) in [5.41, 5.74) is 2.48. The molecule has 3 aromatic rings. The first-order valence-electron chi connectivity index (χ1n) is 13.0. The molecule has 212 valence electrons. The Kier molecular flexibility index (Phi) is 7.69. The number of anilines is 1. The predicted octanol–water partition coefficient (Wildman–Crippen LogP) is 3.29. The Labute approximate surface area is 235 Å². The smallest absolute Gasteiger partial charge is 0.272 e. The van der Waals surface area contributed by atoms with Crippen molar-refractivity contribution < 1.29 is 32.6 Å². The fourth-order valence-electron chi connectivity index (χ4n) is 4.63. The number of carbonyl (C=O) groups is 3. The molecule has 0 aliphatic carbocycles. The Morgan fingerprint density at radius 2 is 1.80 bits per heavy atom. The summed E-state index contributed by atoms with van der Waals surface area (Å²) >= 11 is 0. The van der Waals surface area contributed by atoms with Crippen LogP contribution in [0.25, 0.3) is 0 Å². The molecule has 2 heterocycles. The molecule has 2 aliphatic rings. The van der Waals surface area contributed by atoms with Crippen molar-refractivity contribution in [1.82, 2.24) is 10.2 Å². The molecule has 0 saturated carbocycles. The summed E-state index contributed by atoms with van der Waals surface area (Å²) in [4.78, 5) is 47.4. The number of amides is 3. The quantitative estimate of drug-likeness (QED) is 0.477. The van der Waals surface area contributed by atoms with Crippen LogP contribution in [0.2, 0.25) is 0 Å². The average molecular weight is 563 g/mol. The van der Waals surface area contributed by atoms with Crippen LogP contribution in [0.15, 0.2) is 65.7 Å². The van der Waals surface area contributed by atoms with Crippen molar-refractivity contribution in [2.45, 2.75) is 19.5 Å². The normalized spacial score (nSPS) is 16.4. The molecule has 0 radical (unpaired) electrons. The lowest BCUT2D eigenvalue weighted by atomic mass is 9.99. The number of ether oxygens (including phenoxy) is 2. The van der Waals surface area contributed by atoms with E-state index in [2.05, 4.69) is 5.32 Å². The van der Waals surface area contributed by atoms with E-state index in [1.54, 1.807) is 63.5 Å². The molecule has 2 aliphatic heterocycles. The molecular formula is C30H28F2N4O5. The molecule has 3 amide bonds. The molecular weight excluding hydrogens is 534 g/mol. The maximum absolute atomic E-state index is 13.9. The summed E-state index contributed by atoms with van der Waals surface area (Å²) in [5.74, 6) is -3.06. The molecule has 0 spiro atoms. The Morgan fingerprint density at radius 1 is 1.05 bits per heavy atom. The zero-order chi connectivity index (χ0) is 29.3. The minimum atomic E-state index is -1.38. The van der Waals surface area contributed by atoms with Crippen molar-refractivity contribution in [3.63, 3.8) is 0 Å². The van der Waals surface area contributed by atoms with E-state index in [1.807, 2.05) is 0 Å². The van der Waals surface area contributed by atoms with Crippen molar-refractivity contribution in [3.05, 3.63) is 89.0 Å². The van der Waals surface area contributed by atoms with E-state index in [1.165, 1.54) is 15.9 Å². The third-order valence-corrected chi connectivity index (χ3v) is 6.90. The summed E-state index contributed by atoms with van der Waals surface area (Å²) in [6.45, 7) is 1.42. The van der Waals surface area contributed by atoms with Crippen LogP contribution in [0.1, 0.15) is 23.6 Å². The van der Waals surface area contributed by atoms with Gasteiger partial charge in [-0.15, -0.1) is 0 Å². The molecule has 1 N–H and O–H groups in total. The number of benzene rings is 3. The lowest BCUT2D eigenvalue weighted by Gasteiger charge is -2.26. The Bertz CT molecular complexity index is 1560.